The van der Waals surface area contributed by atoms with Gasteiger partial charge in [0.2, 0.25) is 5.91 Å². The molecule has 0 spiro atoms. The molecule has 2 atom stereocenters. The summed E-state index contributed by atoms with van der Waals surface area (Å²) in [6, 6.07) is 19.1. The molecule has 1 heterocycles. The van der Waals surface area contributed by atoms with E-state index < -0.39 is 6.10 Å². The second-order valence-corrected chi connectivity index (χ2v) is 9.60. The molecule has 1 aromatic heterocycles. The molecule has 0 bridgehead atoms. The molecule has 7 heteroatoms. The Morgan fingerprint density at radius 2 is 1.82 bits per heavy atom. The molecule has 1 fully saturated rings. The van der Waals surface area contributed by atoms with E-state index in [9.17, 15) is 9.18 Å². The summed E-state index contributed by atoms with van der Waals surface area (Å²) in [6.07, 6.45) is 3.16. The van der Waals surface area contributed by atoms with Gasteiger partial charge in [-0.25, -0.2) is 9.07 Å². The van der Waals surface area contributed by atoms with Crippen LogP contribution in [0.15, 0.2) is 72.9 Å². The highest BCUT2D eigenvalue weighted by molar-refractivity contribution is 6.30. The number of carbonyl (C=O) groups excluding carboxylic acids is 1. The molecular weight excluding hydrogens is 453 g/mol. The van der Waals surface area contributed by atoms with Crippen molar-refractivity contribution in [2.75, 3.05) is 0 Å². The molecule has 4 aromatic rings. The Morgan fingerprint density at radius 1 is 1.12 bits per heavy atom. The molecule has 1 N–H and O–H groups in total. The first-order valence-electron chi connectivity index (χ1n) is 11.3. The first-order chi connectivity index (χ1) is 16.3. The topological polar surface area (TPSA) is 56.1 Å². The van der Waals surface area contributed by atoms with E-state index in [1.54, 1.807) is 23.0 Å². The van der Waals surface area contributed by atoms with E-state index in [4.69, 9.17) is 16.3 Å². The Labute approximate surface area is 202 Å². The zero-order chi connectivity index (χ0) is 23.9. The van der Waals surface area contributed by atoms with Gasteiger partial charge in [-0.05, 0) is 79.9 Å². The van der Waals surface area contributed by atoms with Crippen LogP contribution in [0.3, 0.4) is 0 Å². The van der Waals surface area contributed by atoms with Crippen molar-refractivity contribution in [2.24, 2.45) is 5.41 Å². The van der Waals surface area contributed by atoms with Gasteiger partial charge >= 0.3 is 0 Å². The highest BCUT2D eigenvalue weighted by atomic mass is 35.5. The summed E-state index contributed by atoms with van der Waals surface area (Å²) in [6.45, 7) is 3.94. The summed E-state index contributed by atoms with van der Waals surface area (Å²) in [5, 5.41) is 9.12. The van der Waals surface area contributed by atoms with Gasteiger partial charge in [0.25, 0.3) is 0 Å². The van der Waals surface area contributed by atoms with Crippen LogP contribution in [0.1, 0.15) is 38.4 Å². The van der Waals surface area contributed by atoms with Gasteiger partial charge in [0.05, 0.1) is 23.4 Å². The lowest BCUT2D eigenvalue weighted by molar-refractivity contribution is -0.127. The number of hydrogen-bond acceptors (Lipinski definition) is 3. The van der Waals surface area contributed by atoms with E-state index in [0.717, 1.165) is 35.0 Å². The minimum absolute atomic E-state index is 0.0542. The summed E-state index contributed by atoms with van der Waals surface area (Å²) in [5.41, 5.74) is 2.30. The monoisotopic (exact) mass is 477 g/mol. The number of rotatable bonds is 7. The Balaban J connectivity index is 1.42. The first-order valence-corrected chi connectivity index (χ1v) is 11.7. The van der Waals surface area contributed by atoms with Crippen LogP contribution in [-0.2, 0) is 4.79 Å². The Hall–Kier alpha value is -3.38. The van der Waals surface area contributed by atoms with E-state index in [-0.39, 0.29) is 23.2 Å². The van der Waals surface area contributed by atoms with Crippen molar-refractivity contribution in [3.8, 4) is 11.4 Å². The van der Waals surface area contributed by atoms with Gasteiger partial charge in [0, 0.05) is 15.8 Å². The van der Waals surface area contributed by atoms with Crippen molar-refractivity contribution in [1.82, 2.24) is 15.1 Å². The Bertz CT molecular complexity index is 1330. The number of hydrogen-bond donors (Lipinski definition) is 1. The Kier molecular flexibility index (Phi) is 5.78. The minimum Gasteiger partial charge on any atom is -0.484 e. The van der Waals surface area contributed by atoms with Crippen LogP contribution >= 0.6 is 11.6 Å². The number of benzene rings is 3. The van der Waals surface area contributed by atoms with Crippen LogP contribution in [0, 0.1) is 11.2 Å². The van der Waals surface area contributed by atoms with E-state index in [1.165, 1.54) is 12.1 Å². The van der Waals surface area contributed by atoms with E-state index >= 15 is 0 Å². The quantitative estimate of drug-likeness (QED) is 0.342. The number of ether oxygens (including phenoxy) is 1. The number of halogens is 2. The number of fused-ring (bicyclic) bond motifs is 1. The number of carbonyl (C=O) groups is 1. The van der Waals surface area contributed by atoms with E-state index in [2.05, 4.69) is 10.4 Å². The zero-order valence-corrected chi connectivity index (χ0v) is 19.7. The molecule has 2 unspecified atom stereocenters. The molecule has 1 aliphatic carbocycles. The average molecular weight is 478 g/mol. The highest BCUT2D eigenvalue weighted by Gasteiger charge is 2.45. The molecule has 1 amide bonds. The largest absolute Gasteiger partial charge is 0.484 e. The number of aromatic nitrogens is 2. The third-order valence-corrected chi connectivity index (χ3v) is 6.69. The van der Waals surface area contributed by atoms with E-state index in [0.29, 0.717) is 10.8 Å². The fourth-order valence-corrected chi connectivity index (χ4v) is 4.13. The van der Waals surface area contributed by atoms with Crippen LogP contribution in [0.4, 0.5) is 4.39 Å². The molecule has 5 rings (SSSR count). The summed E-state index contributed by atoms with van der Waals surface area (Å²) >= 11 is 6.09. The lowest BCUT2D eigenvalue weighted by atomic mass is 10.0. The van der Waals surface area contributed by atoms with Crippen molar-refractivity contribution in [1.29, 1.82) is 0 Å². The van der Waals surface area contributed by atoms with Gasteiger partial charge in [0.15, 0.2) is 0 Å². The van der Waals surface area contributed by atoms with Gasteiger partial charge in [-0.2, -0.15) is 5.10 Å². The average Bonchev–Trinajstić information content (AvgIpc) is 3.45. The fraction of sp³-hybridized carbons (Fsp3) is 0.259. The van der Waals surface area contributed by atoms with Crippen LogP contribution in [0.5, 0.6) is 5.75 Å². The van der Waals surface area contributed by atoms with Crippen molar-refractivity contribution in [2.45, 2.75) is 38.8 Å². The third-order valence-electron chi connectivity index (χ3n) is 6.43. The lowest BCUT2D eigenvalue weighted by Gasteiger charge is -2.27. The SMILES string of the molecule is CC(NC(=O)C1(C)CC1)C(Oc1ccc2c(cnn2-c2ccc(F)cc2)c1)c1ccc(Cl)cc1. The maximum atomic E-state index is 13.3. The summed E-state index contributed by atoms with van der Waals surface area (Å²) in [7, 11) is 0. The smallest absolute Gasteiger partial charge is 0.226 e. The molecule has 174 valence electrons. The lowest BCUT2D eigenvalue weighted by Crippen LogP contribution is -2.42. The van der Waals surface area contributed by atoms with Gasteiger partial charge in [0.1, 0.15) is 17.7 Å². The fourth-order valence-electron chi connectivity index (χ4n) is 4.00. The molecule has 0 aliphatic heterocycles. The standard InChI is InChI=1S/C27H25ClFN3O2/c1-17(31-26(33)27(2)13-14-27)25(18-3-5-20(28)6-4-18)34-23-11-12-24-19(15-23)16-30-32(24)22-9-7-21(29)8-10-22/h3-12,15-17,25H,13-14H2,1-2H3,(H,31,33). The van der Waals surface area contributed by atoms with Gasteiger partial charge in [-0.1, -0.05) is 30.7 Å². The van der Waals surface area contributed by atoms with Crippen molar-refractivity contribution >= 4 is 28.4 Å². The number of nitrogens with zero attached hydrogens (tertiary/aromatic N) is 2. The molecule has 34 heavy (non-hydrogen) atoms. The molecule has 1 saturated carbocycles. The molecule has 5 nitrogen and oxygen atoms in total. The first kappa shape index (κ1) is 22.4. The predicted octanol–water partition coefficient (Wildman–Crippen LogP) is 6.24. The predicted molar refractivity (Wildman–Crippen MR) is 131 cm³/mol. The highest BCUT2D eigenvalue weighted by Crippen LogP contribution is 2.45. The number of amides is 1. The maximum absolute atomic E-state index is 13.3. The van der Waals surface area contributed by atoms with Crippen LogP contribution in [0.2, 0.25) is 5.02 Å². The second kappa shape index (κ2) is 8.76. The molecule has 0 radical (unpaired) electrons. The summed E-state index contributed by atoms with van der Waals surface area (Å²) in [4.78, 5) is 12.7. The van der Waals surface area contributed by atoms with Gasteiger partial charge < -0.3 is 10.1 Å². The van der Waals surface area contributed by atoms with Crippen LogP contribution < -0.4 is 10.1 Å². The van der Waals surface area contributed by atoms with Crippen molar-refractivity contribution in [3.63, 3.8) is 0 Å². The number of nitrogens with one attached hydrogen (secondary N) is 1. The summed E-state index contributed by atoms with van der Waals surface area (Å²) in [5.74, 6) is 0.421. The van der Waals surface area contributed by atoms with Crippen LogP contribution in [0.25, 0.3) is 16.6 Å². The van der Waals surface area contributed by atoms with Crippen LogP contribution in [-0.4, -0.2) is 21.7 Å². The maximum Gasteiger partial charge on any atom is 0.226 e. The molecule has 3 aromatic carbocycles. The molecular formula is C27H25ClFN3O2. The van der Waals surface area contributed by atoms with Gasteiger partial charge in [-0.3, -0.25) is 4.79 Å². The third kappa shape index (κ3) is 4.50. The van der Waals surface area contributed by atoms with E-state index in [1.807, 2.05) is 56.3 Å². The summed E-state index contributed by atoms with van der Waals surface area (Å²) < 4.78 is 21.5. The molecule has 0 saturated heterocycles. The Morgan fingerprint density at radius 3 is 2.50 bits per heavy atom. The second-order valence-electron chi connectivity index (χ2n) is 9.17. The van der Waals surface area contributed by atoms with Crippen molar-refractivity contribution < 1.29 is 13.9 Å². The minimum atomic E-state index is -0.409. The molecule has 1 aliphatic rings. The van der Waals surface area contributed by atoms with Gasteiger partial charge in [-0.15, -0.1) is 0 Å². The van der Waals surface area contributed by atoms with Crippen molar-refractivity contribution in [3.05, 3.63) is 89.3 Å². The zero-order valence-electron chi connectivity index (χ0n) is 19.0. The normalized spacial score (nSPS) is 16.1.